The minimum absolute atomic E-state index is 0.0559. The second kappa shape index (κ2) is 10.9. The van der Waals surface area contributed by atoms with E-state index in [1.54, 1.807) is 30.3 Å². The molecule has 1 aliphatic carbocycles. The number of aromatic nitrogens is 1. The van der Waals surface area contributed by atoms with E-state index in [4.69, 9.17) is 9.47 Å². The first kappa shape index (κ1) is 26.5. The van der Waals surface area contributed by atoms with E-state index in [1.165, 1.54) is 0 Å². The van der Waals surface area contributed by atoms with Crippen molar-refractivity contribution in [1.29, 1.82) is 0 Å². The number of nitrogens with zero attached hydrogens (tertiary/aromatic N) is 4. The third kappa shape index (κ3) is 5.39. The number of amides is 1. The summed E-state index contributed by atoms with van der Waals surface area (Å²) in [5.41, 5.74) is 3.33. The summed E-state index contributed by atoms with van der Waals surface area (Å²) in [7, 11) is 3.57. The van der Waals surface area contributed by atoms with Crippen LogP contribution >= 0.6 is 0 Å². The summed E-state index contributed by atoms with van der Waals surface area (Å²) in [5, 5.41) is 13.1. The normalized spacial score (nSPS) is 20.3. The van der Waals surface area contributed by atoms with Crippen LogP contribution in [0.1, 0.15) is 49.4 Å². The third-order valence-electron chi connectivity index (χ3n) is 7.45. The topological polar surface area (TPSA) is 105 Å². The predicted molar refractivity (Wildman–Crippen MR) is 150 cm³/mol. The van der Waals surface area contributed by atoms with Gasteiger partial charge in [-0.1, -0.05) is 17.3 Å². The minimum atomic E-state index is -0.449. The lowest BCUT2D eigenvalue weighted by Gasteiger charge is -2.38. The monoisotopic (exact) mass is 530 g/mol. The molecular formula is C30H34N4O5. The van der Waals surface area contributed by atoms with Gasteiger partial charge in [0.15, 0.2) is 11.5 Å². The Balaban J connectivity index is 1.50. The standard InChI is InChI=1S/C30H34N4O5/c1-18(2)39-27-15-25-21(13-26(27)38-4)14-29(36)34(30(25)20-5-8-24(35)9-6-20)23-7-10-28(31-16-23)33(3)17-19-11-22(12-19)32-37/h5-10,13,15-16,18-19,22,30,35H,11-12,14,17H2,1-4H3/t19?,22?,30-/m1/s1. The van der Waals surface area contributed by atoms with Gasteiger partial charge < -0.3 is 19.5 Å². The van der Waals surface area contributed by atoms with Crippen molar-refractivity contribution in [3.8, 4) is 17.2 Å². The van der Waals surface area contributed by atoms with Crippen molar-refractivity contribution in [1.82, 2.24) is 4.98 Å². The molecule has 204 valence electrons. The number of benzene rings is 2. The van der Waals surface area contributed by atoms with Gasteiger partial charge in [-0.05, 0) is 85.7 Å². The second-order valence-electron chi connectivity index (χ2n) is 10.7. The van der Waals surface area contributed by atoms with Gasteiger partial charge in [-0.2, -0.15) is 4.91 Å². The Labute approximate surface area is 228 Å². The van der Waals surface area contributed by atoms with Gasteiger partial charge in [0.05, 0.1) is 43.6 Å². The molecule has 5 rings (SSSR count). The molecule has 1 atom stereocenters. The number of hydrogen-bond donors (Lipinski definition) is 1. The number of anilines is 2. The fraction of sp³-hybridized carbons (Fsp3) is 0.400. The molecule has 0 bridgehead atoms. The van der Waals surface area contributed by atoms with Crippen LogP contribution in [0.25, 0.3) is 0 Å². The van der Waals surface area contributed by atoms with Crippen molar-refractivity contribution in [2.45, 2.75) is 51.3 Å². The molecule has 39 heavy (non-hydrogen) atoms. The maximum atomic E-state index is 13.7. The number of ether oxygens (including phenoxy) is 2. The van der Waals surface area contributed by atoms with Crippen LogP contribution in [0.3, 0.4) is 0 Å². The summed E-state index contributed by atoms with van der Waals surface area (Å²) in [6.45, 7) is 4.71. The van der Waals surface area contributed by atoms with E-state index < -0.39 is 6.04 Å². The molecule has 1 aliphatic heterocycles. The van der Waals surface area contributed by atoms with Crippen LogP contribution in [0.15, 0.2) is 59.9 Å². The maximum Gasteiger partial charge on any atom is 0.232 e. The maximum absolute atomic E-state index is 13.7. The van der Waals surface area contributed by atoms with E-state index in [0.29, 0.717) is 23.1 Å². The van der Waals surface area contributed by atoms with Crippen LogP contribution in [0.5, 0.6) is 17.2 Å². The summed E-state index contributed by atoms with van der Waals surface area (Å²) >= 11 is 0. The van der Waals surface area contributed by atoms with Crippen molar-refractivity contribution in [2.75, 3.05) is 30.5 Å². The molecule has 0 saturated heterocycles. The van der Waals surface area contributed by atoms with Gasteiger partial charge in [-0.3, -0.25) is 9.69 Å². The molecule has 1 saturated carbocycles. The molecule has 1 amide bonds. The van der Waals surface area contributed by atoms with E-state index in [0.717, 1.165) is 41.9 Å². The summed E-state index contributed by atoms with van der Waals surface area (Å²) in [6.07, 6.45) is 3.51. The first-order valence-electron chi connectivity index (χ1n) is 13.3. The van der Waals surface area contributed by atoms with E-state index in [-0.39, 0.29) is 30.2 Å². The summed E-state index contributed by atoms with van der Waals surface area (Å²) in [5.74, 6) is 2.51. The Hall–Kier alpha value is -4.14. The highest BCUT2D eigenvalue weighted by molar-refractivity contribution is 5.98. The lowest BCUT2D eigenvalue weighted by atomic mass is 9.80. The van der Waals surface area contributed by atoms with Gasteiger partial charge in [-0.25, -0.2) is 4.98 Å². The number of methoxy groups -OCH3 is 1. The molecule has 1 N–H and O–H groups in total. The Morgan fingerprint density at radius 3 is 2.49 bits per heavy atom. The first-order valence-corrected chi connectivity index (χ1v) is 13.3. The van der Waals surface area contributed by atoms with Crippen LogP contribution in [0, 0.1) is 10.8 Å². The van der Waals surface area contributed by atoms with Crippen LogP contribution in [0.4, 0.5) is 11.5 Å². The van der Waals surface area contributed by atoms with E-state index in [2.05, 4.69) is 15.1 Å². The van der Waals surface area contributed by atoms with Gasteiger partial charge in [0.2, 0.25) is 5.91 Å². The Morgan fingerprint density at radius 1 is 1.13 bits per heavy atom. The lowest BCUT2D eigenvalue weighted by molar-refractivity contribution is -0.118. The fourth-order valence-corrected chi connectivity index (χ4v) is 5.50. The third-order valence-corrected chi connectivity index (χ3v) is 7.45. The quantitative estimate of drug-likeness (QED) is 0.377. The van der Waals surface area contributed by atoms with Crippen molar-refractivity contribution in [3.63, 3.8) is 0 Å². The van der Waals surface area contributed by atoms with Gasteiger partial charge in [0, 0.05) is 13.6 Å². The van der Waals surface area contributed by atoms with Crippen LogP contribution in [0.2, 0.25) is 0 Å². The lowest BCUT2D eigenvalue weighted by Crippen LogP contribution is -2.41. The highest BCUT2D eigenvalue weighted by Gasteiger charge is 2.36. The number of rotatable bonds is 9. The van der Waals surface area contributed by atoms with Gasteiger partial charge in [0.1, 0.15) is 11.6 Å². The molecule has 0 radical (unpaired) electrons. The SMILES string of the molecule is COc1cc2c(cc1OC(C)C)[C@@H](c1ccc(O)cc1)N(c1ccc(N(C)CC3CC(N=O)C3)nc1)C(=O)C2. The molecule has 0 unspecified atom stereocenters. The highest BCUT2D eigenvalue weighted by Crippen LogP contribution is 2.44. The number of pyridine rings is 1. The van der Waals surface area contributed by atoms with Crippen LogP contribution in [-0.4, -0.2) is 48.8 Å². The molecule has 2 heterocycles. The molecule has 2 aromatic carbocycles. The molecule has 9 heteroatoms. The summed E-state index contributed by atoms with van der Waals surface area (Å²) in [6, 6.07) is 14.1. The van der Waals surface area contributed by atoms with E-state index in [1.807, 2.05) is 57.3 Å². The zero-order valence-corrected chi connectivity index (χ0v) is 22.7. The average Bonchev–Trinajstić information content (AvgIpc) is 2.90. The van der Waals surface area contributed by atoms with Crippen molar-refractivity contribution in [3.05, 3.63) is 76.3 Å². The summed E-state index contributed by atoms with van der Waals surface area (Å²) < 4.78 is 11.7. The van der Waals surface area contributed by atoms with Gasteiger partial charge in [0.25, 0.3) is 0 Å². The van der Waals surface area contributed by atoms with Crippen LogP contribution < -0.4 is 19.3 Å². The number of carbonyl (C=O) groups excluding carboxylic acids is 1. The van der Waals surface area contributed by atoms with Crippen molar-refractivity contribution < 1.29 is 19.4 Å². The Morgan fingerprint density at radius 2 is 1.87 bits per heavy atom. The molecule has 3 aromatic rings. The minimum Gasteiger partial charge on any atom is -0.508 e. The largest absolute Gasteiger partial charge is 0.508 e. The Bertz CT molecular complexity index is 1340. The van der Waals surface area contributed by atoms with E-state index in [9.17, 15) is 14.8 Å². The smallest absolute Gasteiger partial charge is 0.232 e. The van der Waals surface area contributed by atoms with Gasteiger partial charge >= 0.3 is 0 Å². The molecule has 2 aliphatic rings. The van der Waals surface area contributed by atoms with E-state index >= 15 is 0 Å². The van der Waals surface area contributed by atoms with Crippen molar-refractivity contribution >= 4 is 17.4 Å². The molecule has 1 fully saturated rings. The molecule has 0 spiro atoms. The van der Waals surface area contributed by atoms with Gasteiger partial charge in [-0.15, -0.1) is 0 Å². The average molecular weight is 531 g/mol. The summed E-state index contributed by atoms with van der Waals surface area (Å²) in [4.78, 5) is 32.9. The number of nitroso groups, excluding NO2 is 1. The first-order chi connectivity index (χ1) is 18.8. The predicted octanol–water partition coefficient (Wildman–Crippen LogP) is 5.24. The number of fused-ring (bicyclic) bond motifs is 1. The number of phenolic OH excluding ortho intramolecular Hbond substituents is 1. The number of carbonyl (C=O) groups is 1. The molecular weight excluding hydrogens is 496 g/mol. The van der Waals surface area contributed by atoms with Crippen molar-refractivity contribution in [2.24, 2.45) is 11.1 Å². The van der Waals surface area contributed by atoms with Crippen LogP contribution in [-0.2, 0) is 11.2 Å². The molecule has 1 aromatic heterocycles. The highest BCUT2D eigenvalue weighted by atomic mass is 16.5. The zero-order chi connectivity index (χ0) is 27.7. The number of aromatic hydroxyl groups is 1. The number of hydrogen-bond acceptors (Lipinski definition) is 8. The molecule has 9 nitrogen and oxygen atoms in total. The fourth-order valence-electron chi connectivity index (χ4n) is 5.50. The zero-order valence-electron chi connectivity index (χ0n) is 22.7. The second-order valence-corrected chi connectivity index (χ2v) is 10.7. The number of phenols is 1. The Kier molecular flexibility index (Phi) is 7.41.